The lowest BCUT2D eigenvalue weighted by atomic mass is 10.2. The van der Waals surface area contributed by atoms with E-state index in [2.05, 4.69) is 5.32 Å². The van der Waals surface area contributed by atoms with Crippen molar-refractivity contribution in [2.45, 2.75) is 20.0 Å². The van der Waals surface area contributed by atoms with Crippen LogP contribution < -0.4 is 14.8 Å². The van der Waals surface area contributed by atoms with Gasteiger partial charge in [-0.2, -0.15) is 0 Å². The first-order chi connectivity index (χ1) is 10.5. The van der Waals surface area contributed by atoms with Crippen LogP contribution in [0.3, 0.4) is 0 Å². The molecule has 0 radical (unpaired) electrons. The number of amides is 1. The van der Waals surface area contributed by atoms with Crippen molar-refractivity contribution in [1.82, 2.24) is 0 Å². The average Bonchev–Trinajstić information content (AvgIpc) is 2.50. The molecule has 0 spiro atoms. The maximum absolute atomic E-state index is 12.2. The molecular weight excluding hydrogens is 302 g/mol. The first kappa shape index (κ1) is 16.2. The molecule has 0 saturated heterocycles. The summed E-state index contributed by atoms with van der Waals surface area (Å²) in [6.45, 7) is 3.59. The van der Waals surface area contributed by atoms with Crippen LogP contribution in [-0.4, -0.2) is 19.1 Å². The Balaban J connectivity index is 1.99. The van der Waals surface area contributed by atoms with E-state index in [1.807, 2.05) is 6.92 Å². The van der Waals surface area contributed by atoms with E-state index in [4.69, 9.17) is 21.1 Å². The lowest BCUT2D eigenvalue weighted by Gasteiger charge is -2.16. The molecular formula is C17H18ClNO3. The summed E-state index contributed by atoms with van der Waals surface area (Å²) < 4.78 is 10.8. The summed E-state index contributed by atoms with van der Waals surface area (Å²) in [5, 5.41) is 3.44. The first-order valence-electron chi connectivity index (χ1n) is 6.87. The Kier molecular flexibility index (Phi) is 5.28. The molecule has 0 aromatic heterocycles. The highest BCUT2D eigenvalue weighted by molar-refractivity contribution is 6.30. The van der Waals surface area contributed by atoms with Crippen LogP contribution >= 0.6 is 11.6 Å². The molecule has 0 unspecified atom stereocenters. The fourth-order valence-electron chi connectivity index (χ4n) is 1.91. The lowest BCUT2D eigenvalue weighted by Crippen LogP contribution is -2.30. The van der Waals surface area contributed by atoms with Crippen molar-refractivity contribution in [2.24, 2.45) is 0 Å². The standard InChI is InChI=1S/C17H18ClNO3/c1-11-10-13(18)4-9-16(11)22-12(2)17(20)19-14-5-7-15(21-3)8-6-14/h4-10,12H,1-3H3,(H,19,20)/t12-/m0/s1. The van der Waals surface area contributed by atoms with E-state index in [0.717, 1.165) is 11.3 Å². The average molecular weight is 320 g/mol. The molecule has 0 aliphatic carbocycles. The second-order valence-corrected chi connectivity index (χ2v) is 5.32. The third kappa shape index (κ3) is 4.15. The number of aryl methyl sites for hydroxylation is 1. The van der Waals surface area contributed by atoms with Gasteiger partial charge in [0.1, 0.15) is 11.5 Å². The predicted molar refractivity (Wildman–Crippen MR) is 87.9 cm³/mol. The third-order valence-electron chi connectivity index (χ3n) is 3.17. The minimum atomic E-state index is -0.623. The third-order valence-corrected chi connectivity index (χ3v) is 3.40. The van der Waals surface area contributed by atoms with Gasteiger partial charge < -0.3 is 14.8 Å². The van der Waals surface area contributed by atoms with Crippen LogP contribution in [0, 0.1) is 6.92 Å². The van der Waals surface area contributed by atoms with Gasteiger partial charge in [-0.25, -0.2) is 0 Å². The van der Waals surface area contributed by atoms with E-state index < -0.39 is 6.10 Å². The summed E-state index contributed by atoms with van der Waals surface area (Å²) in [4.78, 5) is 12.2. The SMILES string of the molecule is COc1ccc(NC(=O)[C@H](C)Oc2ccc(Cl)cc2C)cc1. The van der Waals surface area contributed by atoms with Gasteiger partial charge in [0.2, 0.25) is 0 Å². The predicted octanol–water partition coefficient (Wildman–Crippen LogP) is 4.06. The highest BCUT2D eigenvalue weighted by Crippen LogP contribution is 2.23. The molecule has 2 aromatic carbocycles. The monoisotopic (exact) mass is 319 g/mol. The van der Waals surface area contributed by atoms with Gasteiger partial charge in [0, 0.05) is 10.7 Å². The van der Waals surface area contributed by atoms with Gasteiger partial charge in [0.05, 0.1) is 7.11 Å². The molecule has 0 aliphatic heterocycles. The molecule has 116 valence electrons. The maximum atomic E-state index is 12.2. The van der Waals surface area contributed by atoms with E-state index in [9.17, 15) is 4.79 Å². The second-order valence-electron chi connectivity index (χ2n) is 4.89. The molecule has 1 N–H and O–H groups in total. The number of hydrogen-bond acceptors (Lipinski definition) is 3. The van der Waals surface area contributed by atoms with E-state index in [-0.39, 0.29) is 5.91 Å². The summed E-state index contributed by atoms with van der Waals surface area (Å²) in [6, 6.07) is 12.4. The largest absolute Gasteiger partial charge is 0.497 e. The zero-order chi connectivity index (χ0) is 16.1. The van der Waals surface area contributed by atoms with Crippen LogP contribution in [0.15, 0.2) is 42.5 Å². The quantitative estimate of drug-likeness (QED) is 0.904. The molecule has 1 amide bonds. The molecule has 0 fully saturated rings. The number of halogens is 1. The Labute approximate surface area is 135 Å². The molecule has 0 aliphatic rings. The Morgan fingerprint density at radius 3 is 2.45 bits per heavy atom. The lowest BCUT2D eigenvalue weighted by molar-refractivity contribution is -0.122. The normalized spacial score (nSPS) is 11.6. The van der Waals surface area contributed by atoms with E-state index in [0.29, 0.717) is 16.5 Å². The zero-order valence-corrected chi connectivity index (χ0v) is 13.5. The van der Waals surface area contributed by atoms with E-state index in [1.54, 1.807) is 56.5 Å². The topological polar surface area (TPSA) is 47.6 Å². The van der Waals surface area contributed by atoms with Gasteiger partial charge in [-0.05, 0) is 61.9 Å². The van der Waals surface area contributed by atoms with Gasteiger partial charge in [0.15, 0.2) is 6.10 Å². The zero-order valence-electron chi connectivity index (χ0n) is 12.7. The van der Waals surface area contributed by atoms with Crippen LogP contribution in [0.5, 0.6) is 11.5 Å². The maximum Gasteiger partial charge on any atom is 0.265 e. The number of rotatable bonds is 5. The number of nitrogens with one attached hydrogen (secondary N) is 1. The molecule has 1 atom stereocenters. The Hall–Kier alpha value is -2.20. The molecule has 5 heteroatoms. The number of carbonyl (C=O) groups excluding carboxylic acids is 1. The smallest absolute Gasteiger partial charge is 0.265 e. The number of anilines is 1. The van der Waals surface area contributed by atoms with Crippen molar-refractivity contribution < 1.29 is 14.3 Å². The van der Waals surface area contributed by atoms with Gasteiger partial charge >= 0.3 is 0 Å². The van der Waals surface area contributed by atoms with Crippen molar-refractivity contribution in [2.75, 3.05) is 12.4 Å². The van der Waals surface area contributed by atoms with Crippen molar-refractivity contribution in [3.8, 4) is 11.5 Å². The molecule has 22 heavy (non-hydrogen) atoms. The summed E-state index contributed by atoms with van der Waals surface area (Å²) in [7, 11) is 1.60. The highest BCUT2D eigenvalue weighted by Gasteiger charge is 2.16. The number of carbonyl (C=O) groups is 1. The van der Waals surface area contributed by atoms with Crippen molar-refractivity contribution >= 4 is 23.2 Å². The first-order valence-corrected chi connectivity index (χ1v) is 7.25. The molecule has 0 heterocycles. The number of benzene rings is 2. The fraction of sp³-hybridized carbons (Fsp3) is 0.235. The summed E-state index contributed by atoms with van der Waals surface area (Å²) in [5.74, 6) is 1.15. The van der Waals surface area contributed by atoms with Crippen LogP contribution in [0.2, 0.25) is 5.02 Å². The minimum Gasteiger partial charge on any atom is -0.497 e. The van der Waals surface area contributed by atoms with Gasteiger partial charge in [0.25, 0.3) is 5.91 Å². The summed E-state index contributed by atoms with van der Waals surface area (Å²) in [5.41, 5.74) is 1.57. The Morgan fingerprint density at radius 2 is 1.86 bits per heavy atom. The van der Waals surface area contributed by atoms with Gasteiger partial charge in [-0.1, -0.05) is 11.6 Å². The van der Waals surface area contributed by atoms with Crippen LogP contribution in [-0.2, 0) is 4.79 Å². The van der Waals surface area contributed by atoms with Crippen molar-refractivity contribution in [3.63, 3.8) is 0 Å². The van der Waals surface area contributed by atoms with Crippen molar-refractivity contribution in [3.05, 3.63) is 53.1 Å². The number of hydrogen-bond donors (Lipinski definition) is 1. The summed E-state index contributed by atoms with van der Waals surface area (Å²) in [6.07, 6.45) is -0.623. The Bertz CT molecular complexity index is 655. The molecule has 0 bridgehead atoms. The van der Waals surface area contributed by atoms with Crippen LogP contribution in [0.4, 0.5) is 5.69 Å². The fourth-order valence-corrected chi connectivity index (χ4v) is 2.13. The van der Waals surface area contributed by atoms with Gasteiger partial charge in [-0.3, -0.25) is 4.79 Å². The summed E-state index contributed by atoms with van der Waals surface area (Å²) >= 11 is 5.90. The van der Waals surface area contributed by atoms with Gasteiger partial charge in [-0.15, -0.1) is 0 Å². The minimum absolute atomic E-state index is 0.223. The van der Waals surface area contributed by atoms with E-state index >= 15 is 0 Å². The second kappa shape index (κ2) is 7.18. The highest BCUT2D eigenvalue weighted by atomic mass is 35.5. The van der Waals surface area contributed by atoms with Crippen LogP contribution in [0.25, 0.3) is 0 Å². The molecule has 2 rings (SSSR count). The van der Waals surface area contributed by atoms with Crippen LogP contribution in [0.1, 0.15) is 12.5 Å². The number of methoxy groups -OCH3 is 1. The molecule has 2 aromatic rings. The Morgan fingerprint density at radius 1 is 1.18 bits per heavy atom. The molecule has 4 nitrogen and oxygen atoms in total. The molecule has 0 saturated carbocycles. The van der Waals surface area contributed by atoms with Crippen molar-refractivity contribution in [1.29, 1.82) is 0 Å². The number of ether oxygens (including phenoxy) is 2. The van der Waals surface area contributed by atoms with E-state index in [1.165, 1.54) is 0 Å².